The largest absolute Gasteiger partial charge is 0.350 e. The number of nitrogens with zero attached hydrogens (tertiary/aromatic N) is 2. The molecular weight excluding hydrogens is 244 g/mol. The van der Waals surface area contributed by atoms with Crippen molar-refractivity contribution in [3.63, 3.8) is 0 Å². The van der Waals surface area contributed by atoms with Gasteiger partial charge in [0.15, 0.2) is 17.9 Å². The van der Waals surface area contributed by atoms with Gasteiger partial charge in [0, 0.05) is 19.5 Å². The van der Waals surface area contributed by atoms with Crippen LogP contribution in [0.3, 0.4) is 0 Å². The van der Waals surface area contributed by atoms with Crippen LogP contribution in [0.2, 0.25) is 0 Å². The maximum Gasteiger partial charge on any atom is 0.259 e. The van der Waals surface area contributed by atoms with Gasteiger partial charge in [0.25, 0.3) is 5.91 Å². The number of rotatable bonds is 0. The SMILES string of the molecule is CC1=CC2(C)OC3C(=O)N(C)C(=O)C3C2[N+](C)=C1C. The molecular formula is C14H19N2O3+. The Bertz CT molecular complexity index is 563. The van der Waals surface area contributed by atoms with Gasteiger partial charge in [-0.2, -0.15) is 0 Å². The van der Waals surface area contributed by atoms with Crippen molar-refractivity contribution in [3.05, 3.63) is 11.6 Å². The zero-order valence-corrected chi connectivity index (χ0v) is 11.9. The molecule has 102 valence electrons. The number of allylic oxidation sites excluding steroid dienone is 1. The van der Waals surface area contributed by atoms with E-state index in [-0.39, 0.29) is 17.9 Å². The highest BCUT2D eigenvalue weighted by molar-refractivity contribution is 6.07. The van der Waals surface area contributed by atoms with Crippen molar-refractivity contribution >= 4 is 17.5 Å². The third-order valence-corrected chi connectivity index (χ3v) is 4.84. The minimum Gasteiger partial charge on any atom is -0.350 e. The highest BCUT2D eigenvalue weighted by atomic mass is 16.5. The lowest BCUT2D eigenvalue weighted by molar-refractivity contribution is -0.554. The molecule has 2 amide bonds. The standard InChI is InChI=1S/C14H19N2O3/c1-7-6-14(3)11(15(4)8(7)2)9-10(19-14)13(18)16(5)12(9)17/h6,9-11H,1-5H3/q+1. The van der Waals surface area contributed by atoms with E-state index >= 15 is 0 Å². The average Bonchev–Trinajstić information content (AvgIpc) is 2.75. The van der Waals surface area contributed by atoms with Crippen LogP contribution in [0.5, 0.6) is 0 Å². The van der Waals surface area contributed by atoms with E-state index in [0.717, 1.165) is 11.3 Å². The number of fused-ring (bicyclic) bond motifs is 3. The van der Waals surface area contributed by atoms with E-state index in [4.69, 9.17) is 4.74 Å². The second kappa shape index (κ2) is 3.54. The summed E-state index contributed by atoms with van der Waals surface area (Å²) in [4.78, 5) is 25.6. The molecule has 0 saturated carbocycles. The van der Waals surface area contributed by atoms with Crippen LogP contribution >= 0.6 is 0 Å². The van der Waals surface area contributed by atoms with Crippen molar-refractivity contribution in [2.24, 2.45) is 5.92 Å². The van der Waals surface area contributed by atoms with E-state index in [1.54, 1.807) is 0 Å². The molecule has 0 N–H and O–H groups in total. The van der Waals surface area contributed by atoms with E-state index in [1.165, 1.54) is 11.9 Å². The number of amides is 2. The summed E-state index contributed by atoms with van der Waals surface area (Å²) in [7, 11) is 3.50. The summed E-state index contributed by atoms with van der Waals surface area (Å²) in [5.74, 6) is -0.745. The minimum atomic E-state index is -0.634. The molecule has 5 heteroatoms. The van der Waals surface area contributed by atoms with Gasteiger partial charge in [-0.3, -0.25) is 14.5 Å². The summed E-state index contributed by atoms with van der Waals surface area (Å²) in [5.41, 5.74) is 1.69. The Hall–Kier alpha value is -1.49. The van der Waals surface area contributed by atoms with Crippen molar-refractivity contribution in [2.75, 3.05) is 14.1 Å². The van der Waals surface area contributed by atoms with Gasteiger partial charge in [0.05, 0.1) is 0 Å². The van der Waals surface area contributed by atoms with Gasteiger partial charge >= 0.3 is 0 Å². The maximum absolute atomic E-state index is 12.3. The lowest BCUT2D eigenvalue weighted by Gasteiger charge is -2.31. The van der Waals surface area contributed by atoms with Crippen LogP contribution in [-0.4, -0.2) is 58.8 Å². The molecule has 0 bridgehead atoms. The number of imide groups is 1. The first kappa shape index (κ1) is 12.5. The molecule has 3 aliphatic rings. The van der Waals surface area contributed by atoms with E-state index in [1.807, 2.05) is 33.9 Å². The van der Waals surface area contributed by atoms with Crippen molar-refractivity contribution in [1.82, 2.24) is 4.90 Å². The van der Waals surface area contributed by atoms with E-state index in [2.05, 4.69) is 4.58 Å². The first-order valence-electron chi connectivity index (χ1n) is 6.53. The smallest absolute Gasteiger partial charge is 0.259 e. The Morgan fingerprint density at radius 1 is 1.32 bits per heavy atom. The van der Waals surface area contributed by atoms with Crippen LogP contribution in [0.4, 0.5) is 0 Å². The topological polar surface area (TPSA) is 49.6 Å². The zero-order chi connectivity index (χ0) is 14.1. The Balaban J connectivity index is 2.14. The average molecular weight is 263 g/mol. The van der Waals surface area contributed by atoms with Crippen LogP contribution in [0, 0.1) is 5.92 Å². The molecule has 0 radical (unpaired) electrons. The molecule has 2 saturated heterocycles. The summed E-state index contributed by atoms with van der Waals surface area (Å²) >= 11 is 0. The number of hydrogen-bond donors (Lipinski definition) is 0. The Labute approximate surface area is 112 Å². The van der Waals surface area contributed by atoms with Crippen LogP contribution < -0.4 is 0 Å². The van der Waals surface area contributed by atoms with Crippen LogP contribution in [0.1, 0.15) is 20.8 Å². The normalized spacial score (nSPS) is 41.6. The molecule has 0 aromatic carbocycles. The molecule has 4 atom stereocenters. The fourth-order valence-corrected chi connectivity index (χ4v) is 3.70. The van der Waals surface area contributed by atoms with Crippen LogP contribution in [0.25, 0.3) is 0 Å². The molecule has 4 unspecified atom stereocenters. The minimum absolute atomic E-state index is 0.109. The number of ether oxygens (including phenoxy) is 1. The predicted molar refractivity (Wildman–Crippen MR) is 69.0 cm³/mol. The Morgan fingerprint density at radius 3 is 2.58 bits per heavy atom. The lowest BCUT2D eigenvalue weighted by atomic mass is 9.83. The summed E-state index contributed by atoms with van der Waals surface area (Å²) in [5, 5.41) is 0. The number of likely N-dealkylation sites (N-methyl/N-ethyl adjacent to an activating group) is 2. The first-order valence-corrected chi connectivity index (χ1v) is 6.53. The van der Waals surface area contributed by atoms with Crippen molar-refractivity contribution in [3.8, 4) is 0 Å². The molecule has 5 nitrogen and oxygen atoms in total. The molecule has 0 spiro atoms. The van der Waals surface area contributed by atoms with E-state index in [0.29, 0.717) is 0 Å². The molecule has 3 aliphatic heterocycles. The molecule has 3 heterocycles. The van der Waals surface area contributed by atoms with E-state index < -0.39 is 17.6 Å². The Kier molecular flexibility index (Phi) is 2.33. The fraction of sp³-hybridized carbons (Fsp3) is 0.643. The number of likely N-dealkylation sites (tertiary alicyclic amines) is 1. The highest BCUT2D eigenvalue weighted by Gasteiger charge is 2.67. The highest BCUT2D eigenvalue weighted by Crippen LogP contribution is 2.44. The van der Waals surface area contributed by atoms with E-state index in [9.17, 15) is 9.59 Å². The molecule has 0 aliphatic carbocycles. The van der Waals surface area contributed by atoms with Crippen LogP contribution in [-0.2, 0) is 14.3 Å². The summed E-state index contributed by atoms with van der Waals surface area (Å²) < 4.78 is 8.06. The first-order chi connectivity index (χ1) is 8.78. The second-order valence-electron chi connectivity index (χ2n) is 5.95. The molecule has 3 rings (SSSR count). The van der Waals surface area contributed by atoms with Crippen molar-refractivity contribution < 1.29 is 18.9 Å². The van der Waals surface area contributed by atoms with Crippen molar-refractivity contribution in [2.45, 2.75) is 38.5 Å². The quantitative estimate of drug-likeness (QED) is 0.463. The van der Waals surface area contributed by atoms with Gasteiger partial charge in [-0.1, -0.05) is 0 Å². The zero-order valence-electron chi connectivity index (χ0n) is 11.9. The molecule has 0 aromatic heterocycles. The number of carbonyl (C=O) groups is 2. The monoisotopic (exact) mass is 263 g/mol. The summed E-state index contributed by atoms with van der Waals surface area (Å²) in [6, 6.07) is -0.109. The fourth-order valence-electron chi connectivity index (χ4n) is 3.70. The predicted octanol–water partition coefficient (Wildman–Crippen LogP) is 0.190. The summed E-state index contributed by atoms with van der Waals surface area (Å²) in [6.07, 6.45) is 1.41. The third kappa shape index (κ3) is 1.36. The lowest BCUT2D eigenvalue weighted by Crippen LogP contribution is -2.51. The Morgan fingerprint density at radius 2 is 1.95 bits per heavy atom. The van der Waals surface area contributed by atoms with Gasteiger partial charge in [-0.05, 0) is 19.9 Å². The maximum atomic E-state index is 12.3. The van der Waals surface area contributed by atoms with Gasteiger partial charge in [0.1, 0.15) is 18.6 Å². The van der Waals surface area contributed by atoms with Gasteiger partial charge < -0.3 is 4.74 Å². The van der Waals surface area contributed by atoms with Gasteiger partial charge in [-0.25, -0.2) is 4.58 Å². The molecule has 19 heavy (non-hydrogen) atoms. The third-order valence-electron chi connectivity index (χ3n) is 4.84. The molecule has 0 aromatic rings. The van der Waals surface area contributed by atoms with Crippen LogP contribution in [0.15, 0.2) is 11.6 Å². The number of carbonyl (C=O) groups excluding carboxylic acids is 2. The van der Waals surface area contributed by atoms with Gasteiger partial charge in [0.2, 0.25) is 5.91 Å². The second-order valence-corrected chi connectivity index (χ2v) is 5.95. The summed E-state index contributed by atoms with van der Waals surface area (Å²) in [6.45, 7) is 6.02. The van der Waals surface area contributed by atoms with Gasteiger partial charge in [-0.15, -0.1) is 0 Å². The molecule has 2 fully saturated rings. The number of hydrogen-bond acceptors (Lipinski definition) is 3. The van der Waals surface area contributed by atoms with Crippen molar-refractivity contribution in [1.29, 1.82) is 0 Å².